The highest BCUT2D eigenvalue weighted by Gasteiger charge is 2.33. The largest absolute Gasteiger partial charge is 0.508 e. The van der Waals surface area contributed by atoms with Crippen LogP contribution in [0.25, 0.3) is 11.1 Å². The van der Waals surface area contributed by atoms with E-state index in [9.17, 15) is 5.11 Å². The third kappa shape index (κ3) is 3.92. The molecular formula is C27H27NO4. The molecular weight excluding hydrogens is 402 g/mol. The summed E-state index contributed by atoms with van der Waals surface area (Å²) in [7, 11) is 4.06. The van der Waals surface area contributed by atoms with Gasteiger partial charge in [0.05, 0.1) is 6.61 Å². The van der Waals surface area contributed by atoms with E-state index in [2.05, 4.69) is 23.1 Å². The second kappa shape index (κ2) is 8.60. The Morgan fingerprint density at radius 1 is 0.969 bits per heavy atom. The van der Waals surface area contributed by atoms with Crippen LogP contribution in [0.3, 0.4) is 0 Å². The normalized spacial score (nSPS) is 16.9. The molecule has 5 nitrogen and oxygen atoms in total. The Balaban J connectivity index is 1.56. The van der Waals surface area contributed by atoms with Crippen LogP contribution in [0.5, 0.6) is 23.0 Å². The van der Waals surface area contributed by atoms with Crippen molar-refractivity contribution in [3.05, 3.63) is 83.4 Å². The SMILES string of the molecule is CN(C)CCOc1ccc(C2Oc3cc(O)ccc3C3=C2c2ccccc2OCC3)cc1. The van der Waals surface area contributed by atoms with Crippen LogP contribution in [0.1, 0.15) is 29.2 Å². The minimum Gasteiger partial charge on any atom is -0.508 e. The number of phenols is 1. The molecule has 0 saturated carbocycles. The molecule has 0 radical (unpaired) electrons. The van der Waals surface area contributed by atoms with E-state index in [1.165, 1.54) is 5.57 Å². The zero-order chi connectivity index (χ0) is 22.1. The van der Waals surface area contributed by atoms with E-state index in [0.29, 0.717) is 19.0 Å². The minimum absolute atomic E-state index is 0.196. The maximum absolute atomic E-state index is 10.1. The summed E-state index contributed by atoms with van der Waals surface area (Å²) in [6.07, 6.45) is 0.464. The maximum atomic E-state index is 10.1. The van der Waals surface area contributed by atoms with Gasteiger partial charge in [-0.15, -0.1) is 0 Å². The Morgan fingerprint density at radius 3 is 2.59 bits per heavy atom. The average Bonchev–Trinajstić information content (AvgIpc) is 2.98. The number of benzene rings is 3. The molecule has 32 heavy (non-hydrogen) atoms. The van der Waals surface area contributed by atoms with Crippen molar-refractivity contribution >= 4 is 11.1 Å². The molecule has 0 fully saturated rings. The number of phenolic OH excluding ortho intramolecular Hbond substituents is 1. The smallest absolute Gasteiger partial charge is 0.150 e. The summed E-state index contributed by atoms with van der Waals surface area (Å²) < 4.78 is 18.5. The van der Waals surface area contributed by atoms with E-state index in [1.54, 1.807) is 12.1 Å². The van der Waals surface area contributed by atoms with Gasteiger partial charge in [0.15, 0.2) is 0 Å². The van der Waals surface area contributed by atoms with Crippen LogP contribution in [-0.4, -0.2) is 43.9 Å². The van der Waals surface area contributed by atoms with E-state index in [-0.39, 0.29) is 11.9 Å². The topological polar surface area (TPSA) is 51.2 Å². The number of fused-ring (bicyclic) bond motifs is 4. The van der Waals surface area contributed by atoms with Gasteiger partial charge in [-0.25, -0.2) is 0 Å². The lowest BCUT2D eigenvalue weighted by atomic mass is 9.84. The molecule has 0 amide bonds. The molecule has 1 N–H and O–H groups in total. The van der Waals surface area contributed by atoms with E-state index in [0.717, 1.165) is 46.7 Å². The first-order valence-corrected chi connectivity index (χ1v) is 10.9. The third-order valence-electron chi connectivity index (χ3n) is 5.90. The Kier molecular flexibility index (Phi) is 5.50. The highest BCUT2D eigenvalue weighted by atomic mass is 16.5. The molecule has 2 aliphatic rings. The molecule has 5 heteroatoms. The van der Waals surface area contributed by atoms with E-state index >= 15 is 0 Å². The van der Waals surface area contributed by atoms with Crippen molar-refractivity contribution in [2.45, 2.75) is 12.5 Å². The van der Waals surface area contributed by atoms with Crippen molar-refractivity contribution in [1.82, 2.24) is 4.90 Å². The van der Waals surface area contributed by atoms with E-state index in [1.807, 2.05) is 50.5 Å². The summed E-state index contributed by atoms with van der Waals surface area (Å²) in [4.78, 5) is 2.09. The minimum atomic E-state index is -0.307. The van der Waals surface area contributed by atoms with Crippen LogP contribution in [0, 0.1) is 0 Å². The summed E-state index contributed by atoms with van der Waals surface area (Å²) in [5.74, 6) is 2.60. The highest BCUT2D eigenvalue weighted by Crippen LogP contribution is 2.51. The average molecular weight is 430 g/mol. The zero-order valence-electron chi connectivity index (χ0n) is 18.4. The molecule has 1 unspecified atom stereocenters. The second-order valence-electron chi connectivity index (χ2n) is 8.39. The number of nitrogens with zero attached hydrogens (tertiary/aromatic N) is 1. The van der Waals surface area contributed by atoms with E-state index < -0.39 is 0 Å². The molecule has 3 aromatic rings. The fourth-order valence-corrected chi connectivity index (χ4v) is 4.32. The van der Waals surface area contributed by atoms with Crippen LogP contribution in [0.4, 0.5) is 0 Å². The number of likely N-dealkylation sites (N-methyl/N-ethyl adjacent to an activating group) is 1. The first kappa shape index (κ1) is 20.5. The molecule has 1 atom stereocenters. The van der Waals surface area contributed by atoms with Gasteiger partial charge in [-0.1, -0.05) is 30.3 Å². The Hall–Kier alpha value is -3.44. The summed E-state index contributed by atoms with van der Waals surface area (Å²) >= 11 is 0. The number of rotatable bonds is 5. The number of hydrogen-bond acceptors (Lipinski definition) is 5. The molecule has 0 bridgehead atoms. The van der Waals surface area contributed by atoms with Gasteiger partial charge in [-0.3, -0.25) is 0 Å². The van der Waals surface area contributed by atoms with Crippen molar-refractivity contribution in [2.24, 2.45) is 0 Å². The van der Waals surface area contributed by atoms with Gasteiger partial charge in [0.25, 0.3) is 0 Å². The molecule has 0 spiro atoms. The second-order valence-corrected chi connectivity index (χ2v) is 8.39. The molecule has 0 saturated heterocycles. The Labute approximate surface area is 188 Å². The lowest BCUT2D eigenvalue weighted by Crippen LogP contribution is -2.19. The zero-order valence-corrected chi connectivity index (χ0v) is 18.4. The van der Waals surface area contributed by atoms with Gasteiger partial charge in [0.1, 0.15) is 35.7 Å². The standard InChI is InChI=1S/C27H27NO4/c1-28(2)14-16-30-20-10-7-18(8-11-20)27-26-22(21-12-9-19(29)17-25(21)32-27)13-15-31-24-6-4-3-5-23(24)26/h3-12,17,27,29H,13-16H2,1-2H3. The van der Waals surface area contributed by atoms with Crippen LogP contribution < -0.4 is 14.2 Å². The quantitative estimate of drug-likeness (QED) is 0.607. The summed E-state index contributed by atoms with van der Waals surface area (Å²) in [6.45, 7) is 2.10. The lowest BCUT2D eigenvalue weighted by Gasteiger charge is -2.31. The molecule has 164 valence electrons. The summed E-state index contributed by atoms with van der Waals surface area (Å²) in [5, 5.41) is 10.1. The first-order chi connectivity index (χ1) is 15.6. The van der Waals surface area contributed by atoms with Gasteiger partial charge in [-0.05, 0) is 55.6 Å². The van der Waals surface area contributed by atoms with Crippen LogP contribution in [0.2, 0.25) is 0 Å². The van der Waals surface area contributed by atoms with Gasteiger partial charge >= 0.3 is 0 Å². The Bertz CT molecular complexity index is 1150. The van der Waals surface area contributed by atoms with Crippen LogP contribution in [-0.2, 0) is 0 Å². The number of aromatic hydroxyl groups is 1. The number of para-hydroxylation sites is 1. The molecule has 3 aromatic carbocycles. The molecule has 2 aliphatic heterocycles. The summed E-state index contributed by atoms with van der Waals surface area (Å²) in [5.41, 5.74) is 5.42. The molecule has 0 aliphatic carbocycles. The van der Waals surface area contributed by atoms with Crippen molar-refractivity contribution in [3.8, 4) is 23.0 Å². The van der Waals surface area contributed by atoms with Gasteiger partial charge in [0, 0.05) is 35.7 Å². The van der Waals surface area contributed by atoms with Crippen molar-refractivity contribution in [1.29, 1.82) is 0 Å². The van der Waals surface area contributed by atoms with E-state index in [4.69, 9.17) is 14.2 Å². The molecule has 5 rings (SSSR count). The maximum Gasteiger partial charge on any atom is 0.150 e. The van der Waals surface area contributed by atoms with Crippen molar-refractivity contribution in [2.75, 3.05) is 33.9 Å². The van der Waals surface area contributed by atoms with Gasteiger partial charge < -0.3 is 24.2 Å². The first-order valence-electron chi connectivity index (χ1n) is 10.9. The fraction of sp³-hybridized carbons (Fsp3) is 0.259. The predicted molar refractivity (Wildman–Crippen MR) is 125 cm³/mol. The summed E-state index contributed by atoms with van der Waals surface area (Å²) in [6, 6.07) is 21.6. The fourth-order valence-electron chi connectivity index (χ4n) is 4.32. The van der Waals surface area contributed by atoms with Gasteiger partial charge in [0.2, 0.25) is 0 Å². The number of hydrogen-bond donors (Lipinski definition) is 1. The molecule has 2 heterocycles. The monoisotopic (exact) mass is 429 g/mol. The van der Waals surface area contributed by atoms with Crippen molar-refractivity contribution in [3.63, 3.8) is 0 Å². The predicted octanol–water partition coefficient (Wildman–Crippen LogP) is 5.16. The lowest BCUT2D eigenvalue weighted by molar-refractivity contribution is 0.255. The van der Waals surface area contributed by atoms with Crippen LogP contribution in [0.15, 0.2) is 66.7 Å². The van der Waals surface area contributed by atoms with Crippen molar-refractivity contribution < 1.29 is 19.3 Å². The third-order valence-corrected chi connectivity index (χ3v) is 5.90. The van der Waals surface area contributed by atoms with Crippen LogP contribution >= 0.6 is 0 Å². The van der Waals surface area contributed by atoms with Gasteiger partial charge in [-0.2, -0.15) is 0 Å². The number of ether oxygens (including phenoxy) is 3. The Morgan fingerprint density at radius 2 is 1.78 bits per heavy atom. The molecule has 0 aromatic heterocycles. The highest BCUT2D eigenvalue weighted by molar-refractivity contribution is 5.98.